The van der Waals surface area contributed by atoms with Crippen LogP contribution in [-0.2, 0) is 9.59 Å². The van der Waals surface area contributed by atoms with Crippen LogP contribution in [0.1, 0.15) is 37.7 Å². The largest absolute Gasteiger partial charge is 0.342 e. The van der Waals surface area contributed by atoms with Crippen LogP contribution >= 0.6 is 11.6 Å². The van der Waals surface area contributed by atoms with Crippen molar-refractivity contribution in [1.82, 2.24) is 9.80 Å². The van der Waals surface area contributed by atoms with Gasteiger partial charge in [-0.2, -0.15) is 0 Å². The van der Waals surface area contributed by atoms with Crippen LogP contribution in [0.15, 0.2) is 18.2 Å². The Hall–Kier alpha value is -1.59. The summed E-state index contributed by atoms with van der Waals surface area (Å²) < 4.78 is 0. The van der Waals surface area contributed by atoms with Crippen molar-refractivity contribution in [3.05, 3.63) is 28.8 Å². The Morgan fingerprint density at radius 1 is 1.19 bits per heavy atom. The first kappa shape index (κ1) is 19.2. The number of halogens is 1. The summed E-state index contributed by atoms with van der Waals surface area (Å²) in [5.41, 5.74) is 1.49. The van der Waals surface area contributed by atoms with Gasteiger partial charge < -0.3 is 15.1 Å². The third-order valence-electron chi connectivity index (χ3n) is 5.44. The van der Waals surface area contributed by atoms with Crippen LogP contribution in [-0.4, -0.2) is 54.3 Å². The molecule has 1 aromatic rings. The minimum atomic E-state index is -0.276. The number of nitrogens with zero attached hydrogens (tertiary/aromatic N) is 2. The maximum Gasteiger partial charge on any atom is 0.233 e. The second-order valence-electron chi connectivity index (χ2n) is 7.49. The van der Waals surface area contributed by atoms with Gasteiger partial charge in [-0.1, -0.05) is 17.7 Å². The van der Waals surface area contributed by atoms with Crippen LogP contribution in [0.5, 0.6) is 0 Å². The van der Waals surface area contributed by atoms with E-state index in [0.717, 1.165) is 31.6 Å². The Morgan fingerprint density at radius 3 is 2.73 bits per heavy atom. The van der Waals surface area contributed by atoms with Gasteiger partial charge in [0.15, 0.2) is 0 Å². The number of carbonyl (C=O) groups excluding carboxylic acids is 2. The normalized spacial score (nSPS) is 21.0. The highest BCUT2D eigenvalue weighted by atomic mass is 35.5. The maximum absolute atomic E-state index is 12.6. The van der Waals surface area contributed by atoms with Gasteiger partial charge in [-0.15, -0.1) is 0 Å². The van der Waals surface area contributed by atoms with Crippen molar-refractivity contribution in [1.29, 1.82) is 0 Å². The minimum Gasteiger partial charge on any atom is -0.342 e. The first-order valence-electron chi connectivity index (χ1n) is 9.58. The molecule has 2 saturated heterocycles. The van der Waals surface area contributed by atoms with Crippen molar-refractivity contribution in [2.45, 2.75) is 39.0 Å². The summed E-state index contributed by atoms with van der Waals surface area (Å²) in [5, 5.41) is 3.42. The number of amides is 2. The van der Waals surface area contributed by atoms with Crippen LogP contribution in [0.25, 0.3) is 0 Å². The molecule has 0 spiro atoms. The topological polar surface area (TPSA) is 52.7 Å². The molecule has 1 N–H and O–H groups in total. The van der Waals surface area contributed by atoms with E-state index in [9.17, 15) is 9.59 Å². The smallest absolute Gasteiger partial charge is 0.233 e. The van der Waals surface area contributed by atoms with Crippen LogP contribution in [0.4, 0.5) is 5.69 Å². The van der Waals surface area contributed by atoms with Crippen LogP contribution in [0.3, 0.4) is 0 Å². The highest BCUT2D eigenvalue weighted by Crippen LogP contribution is 2.24. The number of rotatable bonds is 5. The third-order valence-corrected chi connectivity index (χ3v) is 5.85. The van der Waals surface area contributed by atoms with Crippen molar-refractivity contribution in [3.63, 3.8) is 0 Å². The summed E-state index contributed by atoms with van der Waals surface area (Å²) in [6.45, 7) is 6.85. The zero-order valence-electron chi connectivity index (χ0n) is 15.5. The highest BCUT2D eigenvalue weighted by molar-refractivity contribution is 6.31. The van der Waals surface area contributed by atoms with Gasteiger partial charge in [0.2, 0.25) is 11.8 Å². The molecular weight excluding hydrogens is 350 g/mol. The number of carbonyl (C=O) groups is 2. The minimum absolute atomic E-state index is 0.0756. The monoisotopic (exact) mass is 377 g/mol. The molecule has 26 heavy (non-hydrogen) atoms. The molecule has 142 valence electrons. The van der Waals surface area contributed by atoms with E-state index in [0.29, 0.717) is 16.6 Å². The van der Waals surface area contributed by atoms with E-state index in [1.807, 2.05) is 11.8 Å². The lowest BCUT2D eigenvalue weighted by atomic mass is 9.97. The molecule has 1 atom stereocenters. The first-order chi connectivity index (χ1) is 12.5. The van der Waals surface area contributed by atoms with Gasteiger partial charge in [-0.25, -0.2) is 0 Å². The molecule has 0 aliphatic carbocycles. The Kier molecular flexibility index (Phi) is 6.54. The second kappa shape index (κ2) is 8.87. The number of benzene rings is 1. The lowest BCUT2D eigenvalue weighted by Gasteiger charge is -2.34. The Bertz CT molecular complexity index is 658. The van der Waals surface area contributed by atoms with Crippen LogP contribution < -0.4 is 5.32 Å². The lowest BCUT2D eigenvalue weighted by molar-refractivity contribution is -0.136. The van der Waals surface area contributed by atoms with Crippen molar-refractivity contribution < 1.29 is 9.59 Å². The predicted octanol–water partition coefficient (Wildman–Crippen LogP) is 3.31. The molecule has 2 aliphatic heterocycles. The van der Waals surface area contributed by atoms with Gasteiger partial charge in [0, 0.05) is 30.3 Å². The van der Waals surface area contributed by atoms with Gasteiger partial charge in [0.25, 0.3) is 0 Å². The van der Waals surface area contributed by atoms with Crippen molar-refractivity contribution in [2.75, 3.05) is 38.0 Å². The fourth-order valence-electron chi connectivity index (χ4n) is 3.96. The quantitative estimate of drug-likeness (QED) is 0.801. The summed E-state index contributed by atoms with van der Waals surface area (Å²) in [6.07, 6.45) is 4.67. The molecule has 2 fully saturated rings. The number of hydrogen-bond acceptors (Lipinski definition) is 3. The van der Waals surface area contributed by atoms with Gasteiger partial charge >= 0.3 is 0 Å². The van der Waals surface area contributed by atoms with E-state index in [1.54, 1.807) is 18.2 Å². The predicted molar refractivity (Wildman–Crippen MR) is 104 cm³/mol. The molecule has 2 heterocycles. The molecule has 0 radical (unpaired) electrons. The number of piperidine rings is 1. The van der Waals surface area contributed by atoms with E-state index in [4.69, 9.17) is 11.6 Å². The summed E-state index contributed by atoms with van der Waals surface area (Å²) in [5.74, 6) is 0.180. The average molecular weight is 378 g/mol. The SMILES string of the molecule is Cc1c(Cl)cccc1NC(=O)CC(=O)N1CCCC(CN2CCCC2)C1. The van der Waals surface area contributed by atoms with E-state index >= 15 is 0 Å². The Labute approximate surface area is 160 Å². The summed E-state index contributed by atoms with van der Waals surface area (Å²) in [7, 11) is 0. The molecule has 6 heteroatoms. The van der Waals surface area contributed by atoms with Crippen molar-refractivity contribution >= 4 is 29.1 Å². The standard InChI is InChI=1S/C20H28ClN3O2/c1-15-17(21)7-4-8-18(15)22-19(25)12-20(26)24-11-5-6-16(14-24)13-23-9-2-3-10-23/h4,7-8,16H,2-3,5-6,9-14H2,1H3,(H,22,25). The number of nitrogens with one attached hydrogen (secondary N) is 1. The molecule has 3 rings (SSSR count). The zero-order valence-corrected chi connectivity index (χ0v) is 16.2. The van der Waals surface area contributed by atoms with E-state index < -0.39 is 0 Å². The molecule has 0 aromatic heterocycles. The second-order valence-corrected chi connectivity index (χ2v) is 7.90. The summed E-state index contributed by atoms with van der Waals surface area (Å²) in [4.78, 5) is 29.2. The molecule has 1 unspecified atom stereocenters. The fraction of sp³-hybridized carbons (Fsp3) is 0.600. The highest BCUT2D eigenvalue weighted by Gasteiger charge is 2.27. The zero-order chi connectivity index (χ0) is 18.5. The average Bonchev–Trinajstić information content (AvgIpc) is 3.12. The fourth-order valence-corrected chi connectivity index (χ4v) is 4.13. The molecule has 2 aliphatic rings. The van der Waals surface area contributed by atoms with Crippen molar-refractivity contribution in [2.24, 2.45) is 5.92 Å². The first-order valence-corrected chi connectivity index (χ1v) is 9.96. The van der Waals surface area contributed by atoms with Crippen molar-refractivity contribution in [3.8, 4) is 0 Å². The molecule has 0 saturated carbocycles. The van der Waals surface area contributed by atoms with Crippen LogP contribution in [0.2, 0.25) is 5.02 Å². The molecular formula is C20H28ClN3O2. The third kappa shape index (κ3) is 4.98. The maximum atomic E-state index is 12.6. The Morgan fingerprint density at radius 2 is 1.96 bits per heavy atom. The summed E-state index contributed by atoms with van der Waals surface area (Å²) >= 11 is 6.08. The van der Waals surface area contributed by atoms with Crippen LogP contribution in [0, 0.1) is 12.8 Å². The Balaban J connectivity index is 1.50. The van der Waals surface area contributed by atoms with Gasteiger partial charge in [0.1, 0.15) is 6.42 Å². The van der Waals surface area contributed by atoms with E-state index in [2.05, 4.69) is 10.2 Å². The molecule has 2 amide bonds. The van der Waals surface area contributed by atoms with Gasteiger partial charge in [-0.05, 0) is 69.3 Å². The molecule has 5 nitrogen and oxygen atoms in total. The number of anilines is 1. The number of hydrogen-bond donors (Lipinski definition) is 1. The molecule has 1 aromatic carbocycles. The lowest BCUT2D eigenvalue weighted by Crippen LogP contribution is -2.44. The summed E-state index contributed by atoms with van der Waals surface area (Å²) in [6, 6.07) is 5.38. The van der Waals surface area contributed by atoms with E-state index in [1.165, 1.54) is 32.4 Å². The van der Waals surface area contributed by atoms with E-state index in [-0.39, 0.29) is 18.2 Å². The number of likely N-dealkylation sites (tertiary alicyclic amines) is 2. The van der Waals surface area contributed by atoms with Gasteiger partial charge in [-0.3, -0.25) is 9.59 Å². The van der Waals surface area contributed by atoms with Gasteiger partial charge in [0.05, 0.1) is 0 Å². The molecule has 0 bridgehead atoms.